The maximum atomic E-state index is 12.9. The molecule has 0 radical (unpaired) electrons. The van der Waals surface area contributed by atoms with Crippen LogP contribution in [-0.2, 0) is 6.54 Å². The number of benzene rings is 2. The van der Waals surface area contributed by atoms with Crippen LogP contribution in [-0.4, -0.2) is 25.5 Å². The van der Waals surface area contributed by atoms with E-state index >= 15 is 0 Å². The fourth-order valence-electron chi connectivity index (χ4n) is 3.40. The molecule has 0 saturated carbocycles. The molecule has 0 aliphatic rings. The van der Waals surface area contributed by atoms with Crippen molar-refractivity contribution in [1.29, 1.82) is 0 Å². The van der Waals surface area contributed by atoms with Crippen molar-refractivity contribution >= 4 is 5.91 Å². The summed E-state index contributed by atoms with van der Waals surface area (Å²) in [7, 11) is 0. The van der Waals surface area contributed by atoms with Crippen molar-refractivity contribution in [2.45, 2.75) is 26.4 Å². The van der Waals surface area contributed by atoms with E-state index in [0.29, 0.717) is 12.1 Å². The Hall–Kier alpha value is -3.67. The van der Waals surface area contributed by atoms with Gasteiger partial charge < -0.3 is 5.32 Å². The SMILES string of the molecule is Cc1cc(C)n(-c2ccc(C(=O)N[C@@H](Cn3cccn3)c3ccccc3)cc2)n1. The molecule has 0 spiro atoms. The number of carbonyl (C=O) groups excluding carboxylic acids is 1. The normalized spacial score (nSPS) is 11.9. The fraction of sp³-hybridized carbons (Fsp3) is 0.174. The Balaban J connectivity index is 1.53. The van der Waals surface area contributed by atoms with Crippen LogP contribution in [0.2, 0.25) is 0 Å². The fourth-order valence-corrected chi connectivity index (χ4v) is 3.40. The lowest BCUT2D eigenvalue weighted by Crippen LogP contribution is -2.31. The Morgan fingerprint density at radius 1 is 1.03 bits per heavy atom. The summed E-state index contributed by atoms with van der Waals surface area (Å²) < 4.78 is 3.70. The maximum Gasteiger partial charge on any atom is 0.251 e. The average molecular weight is 385 g/mol. The number of amides is 1. The van der Waals surface area contributed by atoms with E-state index in [1.165, 1.54) is 0 Å². The Morgan fingerprint density at radius 2 is 1.79 bits per heavy atom. The molecule has 2 aromatic heterocycles. The molecule has 1 N–H and O–H groups in total. The van der Waals surface area contributed by atoms with E-state index in [1.807, 2.05) is 96.1 Å². The molecule has 0 unspecified atom stereocenters. The average Bonchev–Trinajstić information content (AvgIpc) is 3.37. The topological polar surface area (TPSA) is 64.7 Å². The molecule has 4 aromatic rings. The molecule has 0 bridgehead atoms. The molecular weight excluding hydrogens is 362 g/mol. The van der Waals surface area contributed by atoms with Crippen LogP contribution in [0.3, 0.4) is 0 Å². The lowest BCUT2D eigenvalue weighted by Gasteiger charge is -2.19. The van der Waals surface area contributed by atoms with Crippen molar-refractivity contribution in [3.8, 4) is 5.69 Å². The first-order valence-electron chi connectivity index (χ1n) is 9.57. The van der Waals surface area contributed by atoms with Crippen LogP contribution in [0.15, 0.2) is 79.1 Å². The van der Waals surface area contributed by atoms with Gasteiger partial charge in [0.15, 0.2) is 0 Å². The van der Waals surface area contributed by atoms with Gasteiger partial charge in [0.1, 0.15) is 0 Å². The zero-order valence-corrected chi connectivity index (χ0v) is 16.5. The highest BCUT2D eigenvalue weighted by Crippen LogP contribution is 2.17. The van der Waals surface area contributed by atoms with Gasteiger partial charge in [0.25, 0.3) is 5.91 Å². The molecule has 2 heterocycles. The van der Waals surface area contributed by atoms with Gasteiger partial charge >= 0.3 is 0 Å². The molecule has 0 fully saturated rings. The highest BCUT2D eigenvalue weighted by molar-refractivity contribution is 5.94. The summed E-state index contributed by atoms with van der Waals surface area (Å²) >= 11 is 0. The van der Waals surface area contributed by atoms with Crippen molar-refractivity contribution in [2.75, 3.05) is 0 Å². The quantitative estimate of drug-likeness (QED) is 0.548. The minimum Gasteiger partial charge on any atom is -0.343 e. The Kier molecular flexibility index (Phi) is 5.24. The van der Waals surface area contributed by atoms with E-state index in [4.69, 9.17) is 0 Å². The number of carbonyl (C=O) groups is 1. The van der Waals surface area contributed by atoms with Crippen molar-refractivity contribution in [1.82, 2.24) is 24.9 Å². The Morgan fingerprint density at radius 3 is 2.41 bits per heavy atom. The van der Waals surface area contributed by atoms with Gasteiger partial charge in [-0.1, -0.05) is 30.3 Å². The summed E-state index contributed by atoms with van der Waals surface area (Å²) in [5.74, 6) is -0.120. The van der Waals surface area contributed by atoms with Crippen LogP contribution in [0.25, 0.3) is 5.69 Å². The second kappa shape index (κ2) is 8.14. The summed E-state index contributed by atoms with van der Waals surface area (Å²) in [5, 5.41) is 11.9. The van der Waals surface area contributed by atoms with E-state index in [0.717, 1.165) is 22.6 Å². The summed E-state index contributed by atoms with van der Waals surface area (Å²) in [4.78, 5) is 12.9. The van der Waals surface area contributed by atoms with E-state index < -0.39 is 0 Å². The van der Waals surface area contributed by atoms with E-state index in [-0.39, 0.29) is 11.9 Å². The minimum atomic E-state index is -0.181. The highest BCUT2D eigenvalue weighted by Gasteiger charge is 2.17. The summed E-state index contributed by atoms with van der Waals surface area (Å²) in [6.45, 7) is 4.54. The molecular formula is C23H23N5O. The largest absolute Gasteiger partial charge is 0.343 e. The summed E-state index contributed by atoms with van der Waals surface area (Å²) in [5.41, 5.74) is 4.60. The highest BCUT2D eigenvalue weighted by atomic mass is 16.1. The first kappa shape index (κ1) is 18.7. The van der Waals surface area contributed by atoms with Crippen LogP contribution in [0.4, 0.5) is 0 Å². The van der Waals surface area contributed by atoms with Gasteiger partial charge in [0.2, 0.25) is 0 Å². The number of aromatic nitrogens is 4. The first-order chi connectivity index (χ1) is 14.1. The second-order valence-corrected chi connectivity index (χ2v) is 7.05. The number of hydrogen-bond acceptors (Lipinski definition) is 3. The van der Waals surface area contributed by atoms with Crippen LogP contribution >= 0.6 is 0 Å². The number of hydrogen-bond donors (Lipinski definition) is 1. The lowest BCUT2D eigenvalue weighted by molar-refractivity contribution is 0.0932. The maximum absolute atomic E-state index is 12.9. The van der Waals surface area contributed by atoms with Crippen LogP contribution < -0.4 is 5.32 Å². The standard InChI is InChI=1S/C23H23N5O/c1-17-15-18(2)28(26-17)21-11-9-20(10-12-21)23(29)25-22(16-27-14-6-13-24-27)19-7-4-3-5-8-19/h3-15,22H,16H2,1-2H3,(H,25,29)/t22-/m0/s1. The molecule has 1 amide bonds. The van der Waals surface area contributed by atoms with Crippen molar-refractivity contribution in [3.05, 3.63) is 102 Å². The summed E-state index contributed by atoms with van der Waals surface area (Å²) in [6.07, 6.45) is 3.63. The third-order valence-electron chi connectivity index (χ3n) is 4.82. The zero-order chi connectivity index (χ0) is 20.2. The molecule has 0 saturated heterocycles. The third-order valence-corrected chi connectivity index (χ3v) is 4.82. The van der Waals surface area contributed by atoms with Gasteiger partial charge in [-0.25, -0.2) is 4.68 Å². The second-order valence-electron chi connectivity index (χ2n) is 7.05. The van der Waals surface area contributed by atoms with Gasteiger partial charge in [-0.15, -0.1) is 0 Å². The van der Waals surface area contributed by atoms with Gasteiger partial charge in [-0.2, -0.15) is 10.2 Å². The molecule has 4 rings (SSSR count). The van der Waals surface area contributed by atoms with Gasteiger partial charge in [0, 0.05) is 23.7 Å². The Bertz CT molecular complexity index is 1080. The van der Waals surface area contributed by atoms with Gasteiger partial charge in [0.05, 0.1) is 24.0 Å². The van der Waals surface area contributed by atoms with E-state index in [2.05, 4.69) is 15.5 Å². The number of nitrogens with zero attached hydrogens (tertiary/aromatic N) is 4. The predicted molar refractivity (Wildman–Crippen MR) is 112 cm³/mol. The predicted octanol–water partition coefficient (Wildman–Crippen LogP) is 3.86. The lowest BCUT2D eigenvalue weighted by atomic mass is 10.1. The third kappa shape index (κ3) is 4.27. The number of nitrogens with one attached hydrogen (secondary N) is 1. The molecule has 2 aromatic carbocycles. The minimum absolute atomic E-state index is 0.120. The van der Waals surface area contributed by atoms with Crippen LogP contribution in [0.5, 0.6) is 0 Å². The molecule has 1 atom stereocenters. The number of aryl methyl sites for hydroxylation is 2. The smallest absolute Gasteiger partial charge is 0.251 e. The van der Waals surface area contributed by atoms with Crippen LogP contribution in [0.1, 0.15) is 33.4 Å². The number of rotatable bonds is 6. The monoisotopic (exact) mass is 385 g/mol. The van der Waals surface area contributed by atoms with Crippen molar-refractivity contribution in [3.63, 3.8) is 0 Å². The van der Waals surface area contributed by atoms with Crippen LogP contribution in [0, 0.1) is 13.8 Å². The molecule has 29 heavy (non-hydrogen) atoms. The zero-order valence-electron chi connectivity index (χ0n) is 16.5. The molecule has 6 nitrogen and oxygen atoms in total. The first-order valence-corrected chi connectivity index (χ1v) is 9.57. The van der Waals surface area contributed by atoms with Crippen molar-refractivity contribution in [2.24, 2.45) is 0 Å². The van der Waals surface area contributed by atoms with Gasteiger partial charge in [-0.05, 0) is 55.8 Å². The molecule has 6 heteroatoms. The molecule has 146 valence electrons. The Labute approximate surface area is 169 Å². The molecule has 0 aliphatic carbocycles. The molecule has 0 aliphatic heterocycles. The van der Waals surface area contributed by atoms with E-state index in [9.17, 15) is 4.79 Å². The van der Waals surface area contributed by atoms with Crippen molar-refractivity contribution < 1.29 is 4.79 Å². The summed E-state index contributed by atoms with van der Waals surface area (Å²) in [6, 6.07) is 21.2. The van der Waals surface area contributed by atoms with Gasteiger partial charge in [-0.3, -0.25) is 9.48 Å². The van der Waals surface area contributed by atoms with E-state index in [1.54, 1.807) is 6.20 Å².